The molecule has 0 aliphatic carbocycles. The van der Waals surface area contributed by atoms with E-state index in [0.717, 1.165) is 23.4 Å². The number of carbonyl (C=O) groups is 1. The van der Waals surface area contributed by atoms with Crippen molar-refractivity contribution in [2.75, 3.05) is 19.4 Å². The number of hydrogen-bond donors (Lipinski definition) is 1. The van der Waals surface area contributed by atoms with Crippen LogP contribution in [0.4, 0.5) is 10.1 Å². The first-order valence-electron chi connectivity index (χ1n) is 9.00. The molecule has 0 bridgehead atoms. The highest BCUT2D eigenvalue weighted by Crippen LogP contribution is 2.26. The molecule has 11 heteroatoms. The molecular weight excluding hydrogens is 445 g/mol. The number of benzene rings is 2. The number of aromatic nitrogens is 2. The van der Waals surface area contributed by atoms with Crippen LogP contribution in [0, 0.1) is 5.82 Å². The van der Waals surface area contributed by atoms with Crippen LogP contribution < -0.4 is 5.32 Å². The smallest absolute Gasteiger partial charge is 0.285 e. The summed E-state index contributed by atoms with van der Waals surface area (Å²) in [5.41, 5.74) is 0.949. The van der Waals surface area contributed by atoms with E-state index in [-0.39, 0.29) is 28.6 Å². The SMILES string of the molecule is CN(C)C=NS(=O)(=O)c1cc(NC(=O)Cc2ccccc2Cl)ccc1-n1cc(F)cn1. The number of rotatable bonds is 7. The minimum atomic E-state index is -4.18. The van der Waals surface area contributed by atoms with Crippen molar-refractivity contribution in [2.45, 2.75) is 11.3 Å². The fourth-order valence-corrected chi connectivity index (χ4v) is 3.98. The van der Waals surface area contributed by atoms with Crippen LogP contribution in [0.3, 0.4) is 0 Å². The molecule has 0 saturated heterocycles. The molecule has 0 saturated carbocycles. The first kappa shape index (κ1) is 22.4. The minimum Gasteiger partial charge on any atom is -0.368 e. The van der Waals surface area contributed by atoms with Crippen molar-refractivity contribution in [3.8, 4) is 5.69 Å². The summed E-state index contributed by atoms with van der Waals surface area (Å²) in [5.74, 6) is -1.01. The van der Waals surface area contributed by atoms with Crippen LogP contribution in [0.5, 0.6) is 0 Å². The van der Waals surface area contributed by atoms with Crippen LogP contribution >= 0.6 is 11.6 Å². The molecule has 0 unspecified atom stereocenters. The molecular formula is C20H19ClFN5O3S. The molecule has 1 N–H and O–H groups in total. The molecule has 1 heterocycles. The quantitative estimate of drug-likeness (QED) is 0.429. The van der Waals surface area contributed by atoms with Gasteiger partial charge in [-0.25, -0.2) is 9.07 Å². The molecule has 3 aromatic rings. The van der Waals surface area contributed by atoms with E-state index in [1.807, 2.05) is 0 Å². The highest BCUT2D eigenvalue weighted by Gasteiger charge is 2.21. The van der Waals surface area contributed by atoms with E-state index >= 15 is 0 Å². The molecule has 3 rings (SSSR count). The Morgan fingerprint density at radius 1 is 1.29 bits per heavy atom. The molecule has 8 nitrogen and oxygen atoms in total. The van der Waals surface area contributed by atoms with Gasteiger partial charge in [-0.05, 0) is 29.8 Å². The van der Waals surface area contributed by atoms with Gasteiger partial charge >= 0.3 is 0 Å². The summed E-state index contributed by atoms with van der Waals surface area (Å²) in [7, 11) is -0.938. The van der Waals surface area contributed by atoms with Crippen LogP contribution in [0.2, 0.25) is 5.02 Å². The van der Waals surface area contributed by atoms with Crippen molar-refractivity contribution < 1.29 is 17.6 Å². The molecule has 0 fully saturated rings. The minimum absolute atomic E-state index is 0.00660. The zero-order valence-electron chi connectivity index (χ0n) is 16.7. The lowest BCUT2D eigenvalue weighted by atomic mass is 10.1. The molecule has 162 valence electrons. The third-order valence-corrected chi connectivity index (χ3v) is 5.67. The predicted octanol–water partition coefficient (Wildman–Crippen LogP) is 3.12. The first-order chi connectivity index (χ1) is 14.7. The second kappa shape index (κ2) is 9.27. The van der Waals surface area contributed by atoms with Crippen LogP contribution in [0.1, 0.15) is 5.56 Å². The summed E-state index contributed by atoms with van der Waals surface area (Å²) in [6, 6.07) is 11.1. The average molecular weight is 464 g/mol. The molecule has 0 atom stereocenters. The fourth-order valence-electron chi connectivity index (χ4n) is 2.65. The van der Waals surface area contributed by atoms with Gasteiger partial charge in [0.25, 0.3) is 10.0 Å². The highest BCUT2D eigenvalue weighted by molar-refractivity contribution is 7.90. The predicted molar refractivity (Wildman–Crippen MR) is 117 cm³/mol. The zero-order chi connectivity index (χ0) is 22.6. The standard InChI is InChI=1S/C20H19ClFN5O3S/c1-26(2)13-24-31(29,30)19-10-16(7-8-18(19)27-12-15(22)11-23-27)25-20(28)9-14-5-3-4-6-17(14)21/h3-8,10-13H,9H2,1-2H3,(H,25,28). The molecule has 0 radical (unpaired) electrons. The maximum absolute atomic E-state index is 13.4. The Labute approximate surface area is 184 Å². The molecule has 1 aromatic heterocycles. The monoisotopic (exact) mass is 463 g/mol. The number of carbonyl (C=O) groups excluding carboxylic acids is 1. The first-order valence-corrected chi connectivity index (χ1v) is 10.8. The third kappa shape index (κ3) is 5.68. The Morgan fingerprint density at radius 3 is 2.68 bits per heavy atom. The van der Waals surface area contributed by atoms with E-state index in [0.29, 0.717) is 10.6 Å². The largest absolute Gasteiger partial charge is 0.368 e. The van der Waals surface area contributed by atoms with Gasteiger partial charge in [0.05, 0.1) is 24.5 Å². The van der Waals surface area contributed by atoms with Gasteiger partial charge in [-0.15, -0.1) is 4.40 Å². The van der Waals surface area contributed by atoms with E-state index in [9.17, 15) is 17.6 Å². The fraction of sp³-hybridized carbons (Fsp3) is 0.150. The molecule has 0 aliphatic heterocycles. The summed E-state index contributed by atoms with van der Waals surface area (Å²) in [5, 5.41) is 6.93. The Bertz CT molecular complexity index is 1240. The van der Waals surface area contributed by atoms with Crippen LogP contribution in [0.25, 0.3) is 5.69 Å². The van der Waals surface area contributed by atoms with Gasteiger partial charge in [-0.2, -0.15) is 13.5 Å². The van der Waals surface area contributed by atoms with Crippen molar-refractivity contribution >= 4 is 39.6 Å². The van der Waals surface area contributed by atoms with Crippen molar-refractivity contribution in [1.29, 1.82) is 0 Å². The summed E-state index contributed by atoms with van der Waals surface area (Å²) < 4.78 is 43.8. The van der Waals surface area contributed by atoms with Crippen LogP contribution in [0.15, 0.2) is 64.2 Å². The van der Waals surface area contributed by atoms with Gasteiger partial charge in [0, 0.05) is 24.8 Å². The van der Waals surface area contributed by atoms with E-state index in [1.165, 1.54) is 23.1 Å². The van der Waals surface area contributed by atoms with E-state index in [4.69, 9.17) is 11.6 Å². The van der Waals surface area contributed by atoms with Gasteiger partial charge in [0.1, 0.15) is 11.2 Å². The van der Waals surface area contributed by atoms with E-state index < -0.39 is 15.8 Å². The molecule has 0 spiro atoms. The second-order valence-electron chi connectivity index (χ2n) is 6.76. The summed E-state index contributed by atoms with van der Waals surface area (Å²) in [6.45, 7) is 0. The number of halogens is 2. The van der Waals surface area contributed by atoms with Crippen LogP contribution in [-0.4, -0.2) is 49.4 Å². The zero-order valence-corrected chi connectivity index (χ0v) is 18.2. The van der Waals surface area contributed by atoms with Gasteiger partial charge in [0.15, 0.2) is 5.82 Å². The number of nitrogens with one attached hydrogen (secondary N) is 1. The van der Waals surface area contributed by atoms with Crippen molar-refractivity contribution in [3.63, 3.8) is 0 Å². The number of amides is 1. The lowest BCUT2D eigenvalue weighted by molar-refractivity contribution is -0.115. The van der Waals surface area contributed by atoms with E-state index in [1.54, 1.807) is 38.4 Å². The molecule has 2 aromatic carbocycles. The van der Waals surface area contributed by atoms with Crippen LogP contribution in [-0.2, 0) is 21.2 Å². The number of hydrogen-bond acceptors (Lipinski definition) is 4. The molecule has 0 aliphatic rings. The number of anilines is 1. The van der Waals surface area contributed by atoms with Gasteiger partial charge in [-0.1, -0.05) is 29.8 Å². The normalized spacial score (nSPS) is 11.6. The Hall–Kier alpha value is -3.24. The lowest BCUT2D eigenvalue weighted by Gasteiger charge is -2.12. The molecule has 31 heavy (non-hydrogen) atoms. The number of nitrogens with zero attached hydrogens (tertiary/aromatic N) is 4. The van der Waals surface area contributed by atoms with Crippen molar-refractivity contribution in [1.82, 2.24) is 14.7 Å². The Balaban J connectivity index is 1.96. The topological polar surface area (TPSA) is 96.7 Å². The summed E-state index contributed by atoms with van der Waals surface area (Å²) in [4.78, 5) is 13.7. The summed E-state index contributed by atoms with van der Waals surface area (Å²) in [6.07, 6.45) is 3.14. The summed E-state index contributed by atoms with van der Waals surface area (Å²) >= 11 is 6.09. The maximum Gasteiger partial charge on any atom is 0.285 e. The Morgan fingerprint density at radius 2 is 2.03 bits per heavy atom. The number of sulfonamides is 1. The van der Waals surface area contributed by atoms with Gasteiger partial charge < -0.3 is 10.2 Å². The van der Waals surface area contributed by atoms with Gasteiger partial charge in [-0.3, -0.25) is 4.79 Å². The average Bonchev–Trinajstić information content (AvgIpc) is 3.14. The van der Waals surface area contributed by atoms with Gasteiger partial charge in [0.2, 0.25) is 5.91 Å². The maximum atomic E-state index is 13.4. The molecule has 1 amide bonds. The highest BCUT2D eigenvalue weighted by atomic mass is 35.5. The van der Waals surface area contributed by atoms with E-state index in [2.05, 4.69) is 14.8 Å². The van der Waals surface area contributed by atoms with Crippen molar-refractivity contribution in [2.24, 2.45) is 4.40 Å². The third-order valence-electron chi connectivity index (χ3n) is 4.05. The van der Waals surface area contributed by atoms with Crippen molar-refractivity contribution in [3.05, 3.63) is 71.3 Å². The second-order valence-corrected chi connectivity index (χ2v) is 8.77. The lowest BCUT2D eigenvalue weighted by Crippen LogP contribution is -2.16. The Kier molecular flexibility index (Phi) is 6.71.